The number of aromatic nitrogens is 1. The zero-order chi connectivity index (χ0) is 26.7. The first kappa shape index (κ1) is 27.1. The standard InChI is InChI=1S/C25H28ClN5O4S/c1-12-9-16(15(4)29-19-7-8-20(26)30-21(19)25(33)31-36(6)34)24-17(10-12)22(32)13(2)23(35-24)18(11-28-5)14(3)27/h7-11,15,29H,27H2,1-6H3,(H,31,33)/b18-14+,28-11?. The molecule has 9 nitrogen and oxygen atoms in total. The van der Waals surface area contributed by atoms with Crippen molar-refractivity contribution < 1.29 is 13.4 Å². The molecule has 0 fully saturated rings. The molecule has 2 heterocycles. The van der Waals surface area contributed by atoms with Crippen LogP contribution in [0.3, 0.4) is 0 Å². The van der Waals surface area contributed by atoms with E-state index in [0.29, 0.717) is 44.8 Å². The average Bonchev–Trinajstić information content (AvgIpc) is 2.80. The molecule has 0 aliphatic rings. The molecule has 2 unspecified atom stereocenters. The van der Waals surface area contributed by atoms with E-state index in [0.717, 1.165) is 5.56 Å². The minimum Gasteiger partial charge on any atom is -0.455 e. The quantitative estimate of drug-likeness (QED) is 0.310. The van der Waals surface area contributed by atoms with Crippen molar-refractivity contribution in [2.45, 2.75) is 33.7 Å². The van der Waals surface area contributed by atoms with Crippen LogP contribution in [-0.4, -0.2) is 34.6 Å². The normalized spacial score (nSPS) is 14.0. The van der Waals surface area contributed by atoms with Crippen LogP contribution in [0.5, 0.6) is 0 Å². The molecule has 3 aromatic rings. The third-order valence-corrected chi connectivity index (χ3v) is 6.15. The summed E-state index contributed by atoms with van der Waals surface area (Å²) in [5.74, 6) is -0.298. The van der Waals surface area contributed by atoms with Crippen LogP contribution in [0.15, 0.2) is 44.2 Å². The Kier molecular flexibility index (Phi) is 8.31. The van der Waals surface area contributed by atoms with Crippen molar-refractivity contribution >= 4 is 56.9 Å². The summed E-state index contributed by atoms with van der Waals surface area (Å²) in [6.45, 7) is 7.15. The van der Waals surface area contributed by atoms with E-state index in [-0.39, 0.29) is 16.3 Å². The second-order valence-electron chi connectivity index (χ2n) is 8.38. The molecule has 0 spiro atoms. The number of aryl methyl sites for hydroxylation is 1. The Morgan fingerprint density at radius 3 is 2.61 bits per heavy atom. The molecule has 2 atom stereocenters. The van der Waals surface area contributed by atoms with Gasteiger partial charge in [0.15, 0.2) is 11.1 Å². The van der Waals surface area contributed by atoms with Crippen LogP contribution >= 0.6 is 11.6 Å². The number of nitrogens with zero attached hydrogens (tertiary/aromatic N) is 2. The fraction of sp³-hybridized carbons (Fsp3) is 0.280. The number of amides is 1. The van der Waals surface area contributed by atoms with E-state index in [1.807, 2.05) is 19.9 Å². The van der Waals surface area contributed by atoms with Gasteiger partial charge in [-0.3, -0.25) is 19.3 Å². The Morgan fingerprint density at radius 2 is 2.00 bits per heavy atom. The van der Waals surface area contributed by atoms with Crippen LogP contribution in [-0.2, 0) is 11.0 Å². The van der Waals surface area contributed by atoms with Crippen LogP contribution in [0.2, 0.25) is 5.15 Å². The van der Waals surface area contributed by atoms with Crippen molar-refractivity contribution in [2.24, 2.45) is 10.7 Å². The maximum atomic E-state index is 13.4. The highest BCUT2D eigenvalue weighted by atomic mass is 35.5. The fourth-order valence-corrected chi connectivity index (χ4v) is 4.33. The summed E-state index contributed by atoms with van der Waals surface area (Å²) in [5.41, 5.74) is 9.59. The van der Waals surface area contributed by atoms with Crippen molar-refractivity contribution in [3.63, 3.8) is 0 Å². The third kappa shape index (κ3) is 5.66. The van der Waals surface area contributed by atoms with Gasteiger partial charge in [-0.1, -0.05) is 17.7 Å². The average molecular weight is 530 g/mol. The topological polar surface area (TPSA) is 140 Å². The monoisotopic (exact) mass is 529 g/mol. The van der Waals surface area contributed by atoms with Crippen LogP contribution in [0.4, 0.5) is 5.69 Å². The number of hydrogen-bond acceptors (Lipinski definition) is 8. The first-order chi connectivity index (χ1) is 16.9. The van der Waals surface area contributed by atoms with Gasteiger partial charge in [-0.05, 0) is 51.5 Å². The number of hydrogen-bond donors (Lipinski definition) is 3. The number of fused-ring (bicyclic) bond motifs is 1. The lowest BCUT2D eigenvalue weighted by molar-refractivity contribution is 0.0979. The summed E-state index contributed by atoms with van der Waals surface area (Å²) in [4.78, 5) is 34.1. The molecule has 0 aliphatic heterocycles. The zero-order valence-corrected chi connectivity index (χ0v) is 22.4. The molecule has 0 saturated heterocycles. The molecular weight excluding hydrogens is 502 g/mol. The van der Waals surface area contributed by atoms with Gasteiger partial charge in [0.2, 0.25) is 0 Å². The van der Waals surface area contributed by atoms with Crippen molar-refractivity contribution in [2.75, 3.05) is 18.6 Å². The smallest absolute Gasteiger partial charge is 0.283 e. The molecule has 0 saturated carbocycles. The number of halogens is 1. The minimum atomic E-state index is -1.58. The van der Waals surface area contributed by atoms with Gasteiger partial charge in [-0.25, -0.2) is 9.19 Å². The van der Waals surface area contributed by atoms with Gasteiger partial charge in [0, 0.05) is 36.3 Å². The van der Waals surface area contributed by atoms with Gasteiger partial charge in [0.05, 0.1) is 22.7 Å². The second kappa shape index (κ2) is 11.0. The fourth-order valence-electron chi connectivity index (χ4n) is 3.83. The number of rotatable bonds is 7. The van der Waals surface area contributed by atoms with Crippen molar-refractivity contribution in [3.05, 3.63) is 73.5 Å². The first-order valence-corrected chi connectivity index (χ1v) is 12.9. The number of benzene rings is 1. The lowest BCUT2D eigenvalue weighted by atomic mass is 9.98. The Bertz CT molecular complexity index is 1490. The predicted molar refractivity (Wildman–Crippen MR) is 146 cm³/mol. The van der Waals surface area contributed by atoms with Gasteiger partial charge < -0.3 is 15.5 Å². The molecule has 3 rings (SSSR count). The highest BCUT2D eigenvalue weighted by Crippen LogP contribution is 2.31. The van der Waals surface area contributed by atoms with Gasteiger partial charge in [-0.2, -0.15) is 0 Å². The van der Waals surface area contributed by atoms with Crippen molar-refractivity contribution in [1.82, 2.24) is 9.71 Å². The molecule has 11 heteroatoms. The summed E-state index contributed by atoms with van der Waals surface area (Å²) in [5, 5.41) is 3.79. The van der Waals surface area contributed by atoms with Crippen LogP contribution in [0.1, 0.15) is 52.8 Å². The molecule has 0 radical (unpaired) electrons. The minimum absolute atomic E-state index is 0.0115. The number of nitrogens with two attached hydrogens (primary N) is 1. The Balaban J connectivity index is 2.20. The van der Waals surface area contributed by atoms with Crippen LogP contribution < -0.4 is 21.2 Å². The van der Waals surface area contributed by atoms with E-state index in [1.54, 1.807) is 39.2 Å². The molecule has 0 aliphatic carbocycles. The summed E-state index contributed by atoms with van der Waals surface area (Å²) in [6.07, 6.45) is 2.90. The molecule has 36 heavy (non-hydrogen) atoms. The number of carbonyl (C=O) groups excluding carboxylic acids is 1. The molecule has 1 amide bonds. The van der Waals surface area contributed by atoms with E-state index in [9.17, 15) is 13.8 Å². The number of carbonyl (C=O) groups is 1. The molecular formula is C25H28ClN5O4S. The Labute approximate surface area is 216 Å². The largest absolute Gasteiger partial charge is 0.455 e. The predicted octanol–water partition coefficient (Wildman–Crippen LogP) is 4.04. The second-order valence-corrected chi connectivity index (χ2v) is 9.88. The number of aliphatic imine (C=N–C) groups is 1. The van der Waals surface area contributed by atoms with E-state index in [4.69, 9.17) is 21.8 Å². The van der Waals surface area contributed by atoms with E-state index in [2.05, 4.69) is 20.0 Å². The molecule has 2 aromatic heterocycles. The van der Waals surface area contributed by atoms with Crippen LogP contribution in [0, 0.1) is 13.8 Å². The Morgan fingerprint density at radius 1 is 1.31 bits per heavy atom. The van der Waals surface area contributed by atoms with E-state index >= 15 is 0 Å². The van der Waals surface area contributed by atoms with Gasteiger partial charge in [0.25, 0.3) is 5.91 Å². The van der Waals surface area contributed by atoms with Gasteiger partial charge >= 0.3 is 0 Å². The molecule has 190 valence electrons. The van der Waals surface area contributed by atoms with Crippen molar-refractivity contribution in [1.29, 1.82) is 0 Å². The molecule has 1 aromatic carbocycles. The molecule has 4 N–H and O–H groups in total. The van der Waals surface area contributed by atoms with Gasteiger partial charge in [0.1, 0.15) is 27.5 Å². The number of anilines is 1. The lowest BCUT2D eigenvalue weighted by Crippen LogP contribution is -2.27. The van der Waals surface area contributed by atoms with E-state index in [1.165, 1.54) is 12.3 Å². The summed E-state index contributed by atoms with van der Waals surface area (Å²) in [6, 6.07) is 6.40. The Hall–Kier alpha value is -3.50. The number of nitrogens with one attached hydrogen (secondary N) is 2. The van der Waals surface area contributed by atoms with Gasteiger partial charge in [-0.15, -0.1) is 0 Å². The molecule has 0 bridgehead atoms. The maximum Gasteiger partial charge on any atom is 0.283 e. The lowest BCUT2D eigenvalue weighted by Gasteiger charge is -2.20. The first-order valence-electron chi connectivity index (χ1n) is 11.0. The van der Waals surface area contributed by atoms with Crippen LogP contribution in [0.25, 0.3) is 16.5 Å². The zero-order valence-electron chi connectivity index (χ0n) is 20.9. The number of allylic oxidation sites excluding steroid dienone is 2. The van der Waals surface area contributed by atoms with Crippen molar-refractivity contribution in [3.8, 4) is 0 Å². The summed E-state index contributed by atoms with van der Waals surface area (Å²) >= 11 is 6.01. The third-order valence-electron chi connectivity index (χ3n) is 5.47. The number of pyridine rings is 1. The SMILES string of the molecule is CN=C/C(=C(/C)N)c1oc2c(C(C)Nc3ccc(Cl)nc3C(=O)NS(C)=O)cc(C)cc2c(=O)c1C. The highest BCUT2D eigenvalue weighted by molar-refractivity contribution is 7.82. The summed E-state index contributed by atoms with van der Waals surface area (Å²) in [7, 11) is 0.0266. The highest BCUT2D eigenvalue weighted by Gasteiger charge is 2.22. The van der Waals surface area contributed by atoms with E-state index < -0.39 is 22.9 Å². The maximum absolute atomic E-state index is 13.4. The summed E-state index contributed by atoms with van der Waals surface area (Å²) < 4.78 is 20.2.